The summed E-state index contributed by atoms with van der Waals surface area (Å²) in [6, 6.07) is 6.07. The predicted octanol–water partition coefficient (Wildman–Crippen LogP) is 3.58. The molecule has 24 heavy (non-hydrogen) atoms. The fourth-order valence-corrected chi connectivity index (χ4v) is 2.60. The minimum absolute atomic E-state index is 0.000468. The van der Waals surface area contributed by atoms with Gasteiger partial charge in [0.2, 0.25) is 5.91 Å². The van der Waals surface area contributed by atoms with Gasteiger partial charge in [0.1, 0.15) is 6.33 Å². The molecular formula is C18H20N4O2. The van der Waals surface area contributed by atoms with Crippen molar-refractivity contribution in [2.24, 2.45) is 5.92 Å². The van der Waals surface area contributed by atoms with Crippen LogP contribution in [0.15, 0.2) is 36.9 Å². The Labute approximate surface area is 140 Å². The zero-order chi connectivity index (χ0) is 17.1. The highest BCUT2D eigenvalue weighted by atomic mass is 16.5. The molecule has 2 aromatic heterocycles. The minimum atomic E-state index is -0.000468. The largest absolute Gasteiger partial charge is 0.468 e. The van der Waals surface area contributed by atoms with Crippen molar-refractivity contribution < 1.29 is 9.53 Å². The number of carbonyl (C=O) groups excluding carboxylic acids is 1. The molecule has 1 unspecified atom stereocenters. The van der Waals surface area contributed by atoms with E-state index in [1.165, 1.54) is 13.4 Å². The third-order valence-corrected chi connectivity index (χ3v) is 4.17. The number of methoxy groups -OCH3 is 1. The van der Waals surface area contributed by atoms with Gasteiger partial charge in [-0.2, -0.15) is 4.98 Å². The number of aromatic nitrogens is 4. The fourth-order valence-electron chi connectivity index (χ4n) is 2.60. The maximum absolute atomic E-state index is 12.6. The Bertz CT molecular complexity index is 858. The van der Waals surface area contributed by atoms with Crippen LogP contribution in [0.4, 0.5) is 0 Å². The first-order chi connectivity index (χ1) is 11.6. The van der Waals surface area contributed by atoms with Crippen LogP contribution in [0.3, 0.4) is 0 Å². The average molecular weight is 324 g/mol. The number of benzene rings is 1. The lowest BCUT2D eigenvalue weighted by molar-refractivity contribution is 0.0876. The van der Waals surface area contributed by atoms with Crippen LogP contribution < -0.4 is 4.74 Å². The quantitative estimate of drug-likeness (QED) is 0.717. The van der Waals surface area contributed by atoms with E-state index in [2.05, 4.69) is 28.8 Å². The first kappa shape index (κ1) is 16.1. The molecule has 0 bridgehead atoms. The van der Waals surface area contributed by atoms with E-state index in [9.17, 15) is 4.79 Å². The van der Waals surface area contributed by atoms with E-state index in [1.54, 1.807) is 17.0 Å². The standard InChI is InChI=1S/C18H20N4O2/c1-4-12(2)7-17(23)22-16-6-5-13(14-9-19-11-20-10-14)8-15(16)21-18(22)24-3/h5-6,8-12H,4,7H2,1-3H3. The normalized spacial score (nSPS) is 12.3. The summed E-state index contributed by atoms with van der Waals surface area (Å²) in [6.45, 7) is 4.15. The third kappa shape index (κ3) is 2.99. The average Bonchev–Trinajstić information content (AvgIpc) is 3.00. The molecule has 0 saturated carbocycles. The van der Waals surface area contributed by atoms with Crippen molar-refractivity contribution in [3.63, 3.8) is 0 Å². The van der Waals surface area contributed by atoms with Crippen LogP contribution in [-0.4, -0.2) is 32.5 Å². The van der Waals surface area contributed by atoms with Crippen molar-refractivity contribution >= 4 is 16.9 Å². The Hall–Kier alpha value is -2.76. The Kier molecular flexibility index (Phi) is 4.55. The topological polar surface area (TPSA) is 69.9 Å². The Balaban J connectivity index is 2.05. The highest BCUT2D eigenvalue weighted by molar-refractivity contribution is 5.93. The fraction of sp³-hybridized carbons (Fsp3) is 0.333. The molecule has 1 aromatic carbocycles. The lowest BCUT2D eigenvalue weighted by Gasteiger charge is -2.10. The van der Waals surface area contributed by atoms with Gasteiger partial charge in [0, 0.05) is 24.4 Å². The zero-order valence-corrected chi connectivity index (χ0v) is 14.1. The molecule has 0 N–H and O–H groups in total. The maximum atomic E-state index is 12.6. The van der Waals surface area contributed by atoms with Crippen LogP contribution in [0.5, 0.6) is 6.01 Å². The van der Waals surface area contributed by atoms with E-state index in [4.69, 9.17) is 4.74 Å². The second-order valence-electron chi connectivity index (χ2n) is 5.88. The highest BCUT2D eigenvalue weighted by Crippen LogP contribution is 2.27. The van der Waals surface area contributed by atoms with E-state index in [-0.39, 0.29) is 5.91 Å². The summed E-state index contributed by atoms with van der Waals surface area (Å²) >= 11 is 0. The Morgan fingerprint density at radius 3 is 2.67 bits per heavy atom. The monoisotopic (exact) mass is 324 g/mol. The molecule has 1 atom stereocenters. The Morgan fingerprint density at radius 2 is 2.00 bits per heavy atom. The smallest absolute Gasteiger partial charge is 0.304 e. The van der Waals surface area contributed by atoms with Gasteiger partial charge in [0.05, 0.1) is 18.1 Å². The van der Waals surface area contributed by atoms with Crippen LogP contribution in [-0.2, 0) is 0 Å². The van der Waals surface area contributed by atoms with Crippen molar-refractivity contribution in [3.05, 3.63) is 36.9 Å². The van der Waals surface area contributed by atoms with Crippen LogP contribution in [0.25, 0.3) is 22.2 Å². The molecule has 124 valence electrons. The molecule has 0 radical (unpaired) electrons. The second kappa shape index (κ2) is 6.78. The van der Waals surface area contributed by atoms with Gasteiger partial charge in [-0.05, 0) is 23.6 Å². The summed E-state index contributed by atoms with van der Waals surface area (Å²) in [5, 5.41) is 0. The molecule has 0 saturated heterocycles. The third-order valence-electron chi connectivity index (χ3n) is 4.17. The van der Waals surface area contributed by atoms with E-state index in [0.29, 0.717) is 23.9 Å². The van der Waals surface area contributed by atoms with Gasteiger partial charge in [-0.15, -0.1) is 0 Å². The van der Waals surface area contributed by atoms with Crippen LogP contribution in [0, 0.1) is 5.92 Å². The van der Waals surface area contributed by atoms with Gasteiger partial charge in [-0.1, -0.05) is 26.3 Å². The molecule has 0 aliphatic heterocycles. The van der Waals surface area contributed by atoms with Gasteiger partial charge >= 0.3 is 6.01 Å². The second-order valence-corrected chi connectivity index (χ2v) is 5.88. The first-order valence-electron chi connectivity index (χ1n) is 7.99. The van der Waals surface area contributed by atoms with Crippen molar-refractivity contribution in [1.29, 1.82) is 0 Å². The van der Waals surface area contributed by atoms with Crippen LogP contribution in [0.2, 0.25) is 0 Å². The van der Waals surface area contributed by atoms with Gasteiger partial charge in [-0.3, -0.25) is 4.79 Å². The number of hydrogen-bond acceptors (Lipinski definition) is 5. The van der Waals surface area contributed by atoms with E-state index >= 15 is 0 Å². The highest BCUT2D eigenvalue weighted by Gasteiger charge is 2.19. The molecule has 3 aromatic rings. The van der Waals surface area contributed by atoms with E-state index in [1.807, 2.05) is 18.2 Å². The number of ether oxygens (including phenoxy) is 1. The number of fused-ring (bicyclic) bond motifs is 1. The molecule has 6 nitrogen and oxygen atoms in total. The first-order valence-corrected chi connectivity index (χ1v) is 7.99. The van der Waals surface area contributed by atoms with Gasteiger partial charge in [-0.25, -0.2) is 14.5 Å². The molecule has 0 aliphatic carbocycles. The SMILES string of the molecule is CCC(C)CC(=O)n1c(OC)nc2cc(-c3cncnc3)ccc21. The maximum Gasteiger partial charge on any atom is 0.304 e. The summed E-state index contributed by atoms with van der Waals surface area (Å²) in [5.41, 5.74) is 3.31. The number of hydrogen-bond donors (Lipinski definition) is 0. The van der Waals surface area contributed by atoms with E-state index < -0.39 is 0 Å². The van der Waals surface area contributed by atoms with Crippen molar-refractivity contribution in [2.45, 2.75) is 26.7 Å². The zero-order valence-electron chi connectivity index (χ0n) is 14.1. The molecule has 6 heteroatoms. The van der Waals surface area contributed by atoms with Crippen molar-refractivity contribution in [1.82, 2.24) is 19.5 Å². The van der Waals surface area contributed by atoms with Crippen LogP contribution >= 0.6 is 0 Å². The molecule has 0 amide bonds. The minimum Gasteiger partial charge on any atom is -0.468 e. The van der Waals surface area contributed by atoms with Gasteiger partial charge in [0.25, 0.3) is 0 Å². The summed E-state index contributed by atoms with van der Waals surface area (Å²) in [5.74, 6) is 0.319. The summed E-state index contributed by atoms with van der Waals surface area (Å²) in [6.07, 6.45) is 6.41. The lowest BCUT2D eigenvalue weighted by Crippen LogP contribution is -2.15. The Morgan fingerprint density at radius 1 is 1.25 bits per heavy atom. The van der Waals surface area contributed by atoms with Gasteiger partial charge < -0.3 is 4.74 Å². The molecular weight excluding hydrogens is 304 g/mol. The molecule has 0 spiro atoms. The van der Waals surface area contributed by atoms with E-state index in [0.717, 1.165) is 23.1 Å². The number of nitrogens with zero attached hydrogens (tertiary/aromatic N) is 4. The molecule has 2 heterocycles. The molecule has 3 rings (SSSR count). The number of rotatable bonds is 5. The molecule has 0 fully saturated rings. The summed E-state index contributed by atoms with van der Waals surface area (Å²) in [4.78, 5) is 25.2. The van der Waals surface area contributed by atoms with Crippen molar-refractivity contribution in [2.75, 3.05) is 7.11 Å². The van der Waals surface area contributed by atoms with Gasteiger partial charge in [0.15, 0.2) is 0 Å². The number of imidazole rings is 1. The predicted molar refractivity (Wildman–Crippen MR) is 92.0 cm³/mol. The number of carbonyl (C=O) groups is 1. The molecule has 0 aliphatic rings. The lowest BCUT2D eigenvalue weighted by atomic mass is 10.0. The van der Waals surface area contributed by atoms with Crippen LogP contribution in [0.1, 0.15) is 31.5 Å². The summed E-state index contributed by atoms with van der Waals surface area (Å²) < 4.78 is 6.88. The van der Waals surface area contributed by atoms with Crippen molar-refractivity contribution in [3.8, 4) is 17.1 Å². The summed E-state index contributed by atoms with van der Waals surface area (Å²) in [7, 11) is 1.53.